The van der Waals surface area contributed by atoms with Crippen LogP contribution >= 0.6 is 0 Å². The van der Waals surface area contributed by atoms with E-state index in [0.717, 1.165) is 31.8 Å². The van der Waals surface area contributed by atoms with Crippen molar-refractivity contribution in [2.75, 3.05) is 20.3 Å². The van der Waals surface area contributed by atoms with Gasteiger partial charge in [-0.2, -0.15) is 5.10 Å². The number of hydrogen-bond acceptors (Lipinski definition) is 3. The number of hydrogen-bond donors (Lipinski definition) is 1. The molecular weight excluding hydrogens is 214 g/mol. The van der Waals surface area contributed by atoms with Gasteiger partial charge in [0.05, 0.1) is 5.69 Å². The first kappa shape index (κ1) is 14.2. The van der Waals surface area contributed by atoms with Gasteiger partial charge in [0.15, 0.2) is 0 Å². The van der Waals surface area contributed by atoms with Gasteiger partial charge in [-0.3, -0.25) is 4.68 Å². The standard InChI is InChI=1S/C13H25N3O/c1-6-16-12(4)13(11(3)15-16)10(2)14-8-7-9-17-5/h10,14H,6-9H2,1-5H3. The Balaban J connectivity index is 2.62. The Morgan fingerprint density at radius 1 is 1.41 bits per heavy atom. The van der Waals surface area contributed by atoms with Gasteiger partial charge < -0.3 is 10.1 Å². The molecule has 0 aliphatic carbocycles. The van der Waals surface area contributed by atoms with Crippen LogP contribution in [0.5, 0.6) is 0 Å². The predicted octanol–water partition coefficient (Wildman–Crippen LogP) is 2.21. The summed E-state index contributed by atoms with van der Waals surface area (Å²) in [5.74, 6) is 0. The van der Waals surface area contributed by atoms with Crippen LogP contribution in [0.4, 0.5) is 0 Å². The molecule has 0 radical (unpaired) electrons. The smallest absolute Gasteiger partial charge is 0.0644 e. The maximum Gasteiger partial charge on any atom is 0.0644 e. The number of rotatable bonds is 7. The molecule has 1 unspecified atom stereocenters. The lowest BCUT2D eigenvalue weighted by molar-refractivity contribution is 0.193. The maximum absolute atomic E-state index is 5.04. The Labute approximate surface area is 104 Å². The monoisotopic (exact) mass is 239 g/mol. The third kappa shape index (κ3) is 3.54. The summed E-state index contributed by atoms with van der Waals surface area (Å²) in [5.41, 5.74) is 3.75. The van der Waals surface area contributed by atoms with E-state index in [9.17, 15) is 0 Å². The number of ether oxygens (including phenoxy) is 1. The summed E-state index contributed by atoms with van der Waals surface area (Å²) in [5, 5.41) is 8.07. The van der Waals surface area contributed by atoms with Crippen molar-refractivity contribution in [1.82, 2.24) is 15.1 Å². The number of aryl methyl sites for hydroxylation is 2. The molecule has 1 aromatic rings. The maximum atomic E-state index is 5.04. The first-order chi connectivity index (χ1) is 8.11. The first-order valence-electron chi connectivity index (χ1n) is 6.38. The van der Waals surface area contributed by atoms with E-state index in [4.69, 9.17) is 4.74 Å². The van der Waals surface area contributed by atoms with E-state index in [0.29, 0.717) is 6.04 Å². The van der Waals surface area contributed by atoms with Crippen LogP contribution in [0.2, 0.25) is 0 Å². The summed E-state index contributed by atoms with van der Waals surface area (Å²) in [7, 11) is 1.74. The van der Waals surface area contributed by atoms with Crippen LogP contribution < -0.4 is 5.32 Å². The zero-order valence-corrected chi connectivity index (χ0v) is 11.7. The summed E-state index contributed by atoms with van der Waals surface area (Å²) in [4.78, 5) is 0. The number of nitrogens with one attached hydrogen (secondary N) is 1. The first-order valence-corrected chi connectivity index (χ1v) is 6.38. The van der Waals surface area contributed by atoms with Gasteiger partial charge in [-0.25, -0.2) is 0 Å². The van der Waals surface area contributed by atoms with Gasteiger partial charge in [-0.05, 0) is 40.7 Å². The molecule has 0 fully saturated rings. The summed E-state index contributed by atoms with van der Waals surface area (Å²) in [6.07, 6.45) is 1.04. The van der Waals surface area contributed by atoms with Crippen molar-refractivity contribution in [2.24, 2.45) is 0 Å². The Morgan fingerprint density at radius 3 is 2.65 bits per heavy atom. The number of nitrogens with zero attached hydrogens (tertiary/aromatic N) is 2. The SMILES string of the molecule is CCn1nc(C)c(C(C)NCCCOC)c1C. The van der Waals surface area contributed by atoms with Crippen LogP contribution in [0, 0.1) is 13.8 Å². The van der Waals surface area contributed by atoms with Crippen LogP contribution in [0.25, 0.3) is 0 Å². The molecule has 1 N–H and O–H groups in total. The lowest BCUT2D eigenvalue weighted by Crippen LogP contribution is -2.21. The van der Waals surface area contributed by atoms with Gasteiger partial charge in [-0.15, -0.1) is 0 Å². The molecule has 1 heterocycles. The molecule has 1 aromatic heterocycles. The summed E-state index contributed by atoms with van der Waals surface area (Å²) in [6.45, 7) is 11.3. The molecular formula is C13H25N3O. The zero-order chi connectivity index (χ0) is 12.8. The number of methoxy groups -OCH3 is 1. The lowest BCUT2D eigenvalue weighted by Gasteiger charge is -2.14. The second-order valence-corrected chi connectivity index (χ2v) is 4.42. The van der Waals surface area contributed by atoms with Crippen molar-refractivity contribution >= 4 is 0 Å². The molecule has 0 aliphatic heterocycles. The molecule has 4 heteroatoms. The summed E-state index contributed by atoms with van der Waals surface area (Å²) in [6, 6.07) is 0.354. The van der Waals surface area contributed by atoms with Crippen LogP contribution in [0.1, 0.15) is 43.3 Å². The highest BCUT2D eigenvalue weighted by molar-refractivity contribution is 5.27. The Hall–Kier alpha value is -0.870. The van der Waals surface area contributed by atoms with E-state index in [1.807, 2.05) is 0 Å². The third-order valence-electron chi connectivity index (χ3n) is 3.15. The topological polar surface area (TPSA) is 39.1 Å². The molecule has 0 amide bonds. The molecule has 1 atom stereocenters. The fourth-order valence-corrected chi connectivity index (χ4v) is 2.28. The fourth-order valence-electron chi connectivity index (χ4n) is 2.28. The predicted molar refractivity (Wildman–Crippen MR) is 70.3 cm³/mol. The van der Waals surface area contributed by atoms with E-state index in [1.165, 1.54) is 11.3 Å². The Kier molecular flexibility index (Phi) is 5.65. The molecule has 0 spiro atoms. The normalized spacial score (nSPS) is 13.0. The quantitative estimate of drug-likeness (QED) is 0.741. The molecule has 0 aromatic carbocycles. The molecule has 0 saturated carbocycles. The van der Waals surface area contributed by atoms with Crippen molar-refractivity contribution in [3.05, 3.63) is 17.0 Å². The van der Waals surface area contributed by atoms with Gasteiger partial charge in [0.2, 0.25) is 0 Å². The van der Waals surface area contributed by atoms with E-state index < -0.39 is 0 Å². The second kappa shape index (κ2) is 6.77. The minimum atomic E-state index is 0.354. The third-order valence-corrected chi connectivity index (χ3v) is 3.15. The van der Waals surface area contributed by atoms with Gasteiger partial charge in [-0.1, -0.05) is 0 Å². The van der Waals surface area contributed by atoms with Crippen molar-refractivity contribution < 1.29 is 4.74 Å². The van der Waals surface area contributed by atoms with E-state index in [1.54, 1.807) is 7.11 Å². The molecule has 0 bridgehead atoms. The van der Waals surface area contributed by atoms with Crippen LogP contribution in [0.15, 0.2) is 0 Å². The fraction of sp³-hybridized carbons (Fsp3) is 0.769. The highest BCUT2D eigenvalue weighted by atomic mass is 16.5. The van der Waals surface area contributed by atoms with Gasteiger partial charge >= 0.3 is 0 Å². The molecule has 17 heavy (non-hydrogen) atoms. The Morgan fingerprint density at radius 2 is 2.12 bits per heavy atom. The molecule has 98 valence electrons. The largest absolute Gasteiger partial charge is 0.385 e. The Bertz CT molecular complexity index is 347. The summed E-state index contributed by atoms with van der Waals surface area (Å²) < 4.78 is 7.11. The van der Waals surface area contributed by atoms with Crippen LogP contribution in [-0.2, 0) is 11.3 Å². The van der Waals surface area contributed by atoms with Gasteiger partial charge in [0.25, 0.3) is 0 Å². The minimum Gasteiger partial charge on any atom is -0.385 e. The van der Waals surface area contributed by atoms with Crippen LogP contribution in [0.3, 0.4) is 0 Å². The van der Waals surface area contributed by atoms with Crippen LogP contribution in [-0.4, -0.2) is 30.0 Å². The van der Waals surface area contributed by atoms with Crippen molar-refractivity contribution in [3.63, 3.8) is 0 Å². The molecule has 0 aliphatic rings. The lowest BCUT2D eigenvalue weighted by atomic mass is 10.1. The number of aromatic nitrogens is 2. The summed E-state index contributed by atoms with van der Waals surface area (Å²) >= 11 is 0. The van der Waals surface area contributed by atoms with Gasteiger partial charge in [0.1, 0.15) is 0 Å². The van der Waals surface area contributed by atoms with Crippen molar-refractivity contribution in [2.45, 2.75) is 46.7 Å². The average molecular weight is 239 g/mol. The van der Waals surface area contributed by atoms with E-state index in [-0.39, 0.29) is 0 Å². The van der Waals surface area contributed by atoms with Crippen molar-refractivity contribution in [1.29, 1.82) is 0 Å². The zero-order valence-electron chi connectivity index (χ0n) is 11.7. The minimum absolute atomic E-state index is 0.354. The van der Waals surface area contributed by atoms with Crippen molar-refractivity contribution in [3.8, 4) is 0 Å². The second-order valence-electron chi connectivity index (χ2n) is 4.42. The molecule has 0 saturated heterocycles. The van der Waals surface area contributed by atoms with E-state index >= 15 is 0 Å². The molecule has 4 nitrogen and oxygen atoms in total. The average Bonchev–Trinajstić information content (AvgIpc) is 2.59. The molecule has 1 rings (SSSR count). The highest BCUT2D eigenvalue weighted by Gasteiger charge is 2.16. The van der Waals surface area contributed by atoms with Gasteiger partial charge in [0, 0.05) is 37.6 Å². The highest BCUT2D eigenvalue weighted by Crippen LogP contribution is 2.21. The van der Waals surface area contributed by atoms with E-state index in [2.05, 4.69) is 42.8 Å².